The van der Waals surface area contributed by atoms with Crippen LogP contribution in [0.4, 0.5) is 0 Å². The largest absolute Gasteiger partial charge is 0.497 e. The van der Waals surface area contributed by atoms with Gasteiger partial charge in [-0.1, -0.05) is 0 Å². The molecule has 1 saturated heterocycles. The molecule has 1 fully saturated rings. The van der Waals surface area contributed by atoms with Crippen LogP contribution >= 0.6 is 0 Å². The average molecular weight is 400 g/mol. The number of nitrogens with one attached hydrogen (secondary N) is 1. The molecule has 1 aliphatic heterocycles. The van der Waals surface area contributed by atoms with Gasteiger partial charge < -0.3 is 24.8 Å². The van der Waals surface area contributed by atoms with Gasteiger partial charge in [0.05, 0.1) is 30.8 Å². The molecule has 9 heteroatoms. The van der Waals surface area contributed by atoms with E-state index in [0.717, 1.165) is 0 Å². The molecule has 0 radical (unpaired) electrons. The highest BCUT2D eigenvalue weighted by atomic mass is 32.2. The van der Waals surface area contributed by atoms with Gasteiger partial charge in [0.2, 0.25) is 0 Å². The Bertz CT molecular complexity index is 792. The van der Waals surface area contributed by atoms with Gasteiger partial charge in [0.25, 0.3) is 0 Å². The normalized spacial score (nSPS) is 20.1. The predicted octanol–water partition coefficient (Wildman–Crippen LogP) is 0.822. The molecule has 8 nitrogen and oxygen atoms in total. The Morgan fingerprint density at radius 3 is 2.63 bits per heavy atom. The SMILES string of the molecule is CN=C(NCC(O)c1cc(OC)ccc1OC)N1CCS(=O)(=O)C(C)(C)C1. The maximum Gasteiger partial charge on any atom is 0.193 e. The van der Waals surface area contributed by atoms with Crippen molar-refractivity contribution in [1.82, 2.24) is 10.2 Å². The summed E-state index contributed by atoms with van der Waals surface area (Å²) in [5.74, 6) is 1.81. The zero-order valence-corrected chi connectivity index (χ0v) is 17.3. The Morgan fingerprint density at radius 2 is 2.07 bits per heavy atom. The van der Waals surface area contributed by atoms with E-state index < -0.39 is 20.7 Å². The topological polar surface area (TPSA) is 100 Å². The van der Waals surface area contributed by atoms with Crippen LogP contribution in [0.5, 0.6) is 11.5 Å². The van der Waals surface area contributed by atoms with Gasteiger partial charge in [-0.2, -0.15) is 0 Å². The van der Waals surface area contributed by atoms with Crippen LogP contribution < -0.4 is 14.8 Å². The molecule has 0 aliphatic carbocycles. The van der Waals surface area contributed by atoms with Crippen molar-refractivity contribution in [2.24, 2.45) is 4.99 Å². The van der Waals surface area contributed by atoms with Gasteiger partial charge in [0, 0.05) is 32.2 Å². The molecule has 0 amide bonds. The number of sulfone groups is 1. The fraction of sp³-hybridized carbons (Fsp3) is 0.611. The third-order valence-electron chi connectivity index (χ3n) is 4.80. The van der Waals surface area contributed by atoms with Gasteiger partial charge >= 0.3 is 0 Å². The van der Waals surface area contributed by atoms with Crippen molar-refractivity contribution < 1.29 is 23.0 Å². The van der Waals surface area contributed by atoms with Crippen molar-refractivity contribution >= 4 is 15.8 Å². The first-order chi connectivity index (χ1) is 12.6. The minimum absolute atomic E-state index is 0.0763. The molecule has 1 atom stereocenters. The van der Waals surface area contributed by atoms with Crippen molar-refractivity contribution in [3.63, 3.8) is 0 Å². The quantitative estimate of drug-likeness (QED) is 0.558. The smallest absolute Gasteiger partial charge is 0.193 e. The number of rotatable bonds is 5. The highest BCUT2D eigenvalue weighted by Gasteiger charge is 2.41. The maximum atomic E-state index is 12.2. The molecule has 0 bridgehead atoms. The predicted molar refractivity (Wildman–Crippen MR) is 105 cm³/mol. The zero-order chi connectivity index (χ0) is 20.2. The molecule has 152 valence electrons. The Hall–Kier alpha value is -2.00. The van der Waals surface area contributed by atoms with E-state index in [0.29, 0.717) is 36.1 Å². The van der Waals surface area contributed by atoms with E-state index in [2.05, 4.69) is 10.3 Å². The fourth-order valence-corrected chi connectivity index (χ4v) is 4.42. The van der Waals surface area contributed by atoms with Crippen LogP contribution in [-0.2, 0) is 9.84 Å². The number of nitrogens with zero attached hydrogens (tertiary/aromatic N) is 2. The van der Waals surface area contributed by atoms with Gasteiger partial charge in [-0.05, 0) is 32.0 Å². The Balaban J connectivity index is 2.09. The number of hydrogen-bond acceptors (Lipinski definition) is 6. The minimum atomic E-state index is -3.13. The molecule has 27 heavy (non-hydrogen) atoms. The number of ether oxygens (including phenoxy) is 2. The molecular weight excluding hydrogens is 370 g/mol. The standard InChI is InChI=1S/C18H29N3O5S/c1-18(2)12-21(8-9-27(18,23)24)17(19-3)20-11-15(22)14-10-13(25-4)6-7-16(14)26-5/h6-7,10,15,22H,8-9,11-12H2,1-5H3,(H,19,20). The lowest BCUT2D eigenvalue weighted by Gasteiger charge is -2.39. The third kappa shape index (κ3) is 4.65. The lowest BCUT2D eigenvalue weighted by molar-refractivity contribution is 0.174. The first kappa shape index (κ1) is 21.3. The van der Waals surface area contributed by atoms with Gasteiger partial charge in [-0.15, -0.1) is 0 Å². The first-order valence-corrected chi connectivity index (χ1v) is 10.4. The van der Waals surface area contributed by atoms with E-state index in [1.807, 2.05) is 4.90 Å². The van der Waals surface area contributed by atoms with E-state index >= 15 is 0 Å². The third-order valence-corrected chi connectivity index (χ3v) is 7.34. The van der Waals surface area contributed by atoms with E-state index in [9.17, 15) is 13.5 Å². The van der Waals surface area contributed by atoms with Crippen molar-refractivity contribution in [2.75, 3.05) is 46.7 Å². The van der Waals surface area contributed by atoms with Crippen LogP contribution in [0.25, 0.3) is 0 Å². The van der Waals surface area contributed by atoms with Crippen LogP contribution in [0.1, 0.15) is 25.5 Å². The molecule has 1 aromatic carbocycles. The average Bonchev–Trinajstić information content (AvgIpc) is 2.64. The van der Waals surface area contributed by atoms with Gasteiger partial charge in [-0.3, -0.25) is 4.99 Å². The molecule has 0 spiro atoms. The molecule has 0 aromatic heterocycles. The maximum absolute atomic E-state index is 12.2. The van der Waals surface area contributed by atoms with Crippen LogP contribution in [0, 0.1) is 0 Å². The number of guanidine groups is 1. The zero-order valence-electron chi connectivity index (χ0n) is 16.5. The van der Waals surface area contributed by atoms with Crippen molar-refractivity contribution in [3.8, 4) is 11.5 Å². The lowest BCUT2D eigenvalue weighted by atomic mass is 10.1. The number of aliphatic imine (C=N–C) groups is 1. The Morgan fingerprint density at radius 1 is 1.37 bits per heavy atom. The van der Waals surface area contributed by atoms with Gasteiger partial charge in [0.15, 0.2) is 15.8 Å². The number of benzene rings is 1. The summed E-state index contributed by atoms with van der Waals surface area (Å²) in [6, 6.07) is 5.23. The van der Waals surface area contributed by atoms with Gasteiger partial charge in [-0.25, -0.2) is 8.42 Å². The molecule has 2 rings (SSSR count). The second-order valence-electron chi connectivity index (χ2n) is 7.05. The molecule has 0 saturated carbocycles. The summed E-state index contributed by atoms with van der Waals surface area (Å²) in [5.41, 5.74) is 0.598. The summed E-state index contributed by atoms with van der Waals surface area (Å²) in [6.07, 6.45) is -0.853. The number of aliphatic hydroxyl groups is 1. The molecule has 1 aliphatic rings. The summed E-state index contributed by atoms with van der Waals surface area (Å²) < 4.78 is 34.1. The van der Waals surface area contributed by atoms with Crippen LogP contribution in [0.2, 0.25) is 0 Å². The number of hydrogen-bond donors (Lipinski definition) is 2. The summed E-state index contributed by atoms with van der Waals surface area (Å²) in [6.45, 7) is 4.34. The number of aliphatic hydroxyl groups excluding tert-OH is 1. The monoisotopic (exact) mass is 399 g/mol. The molecule has 2 N–H and O–H groups in total. The van der Waals surface area contributed by atoms with E-state index in [-0.39, 0.29) is 12.3 Å². The van der Waals surface area contributed by atoms with Crippen molar-refractivity contribution in [1.29, 1.82) is 0 Å². The summed E-state index contributed by atoms with van der Waals surface area (Å²) in [5, 5.41) is 13.7. The first-order valence-electron chi connectivity index (χ1n) is 8.73. The Labute approximate surface area is 161 Å². The van der Waals surface area contributed by atoms with Crippen molar-refractivity contribution in [2.45, 2.75) is 24.7 Å². The summed E-state index contributed by atoms with van der Waals surface area (Å²) >= 11 is 0. The second-order valence-corrected chi connectivity index (χ2v) is 9.79. The summed E-state index contributed by atoms with van der Waals surface area (Å²) in [4.78, 5) is 6.14. The molecule has 1 heterocycles. The van der Waals surface area contributed by atoms with Crippen LogP contribution in [0.15, 0.2) is 23.2 Å². The highest BCUT2D eigenvalue weighted by Crippen LogP contribution is 2.29. The van der Waals surface area contributed by atoms with E-state index in [1.165, 1.54) is 0 Å². The summed E-state index contributed by atoms with van der Waals surface area (Å²) in [7, 11) is 1.61. The number of methoxy groups -OCH3 is 2. The molecular formula is C18H29N3O5S. The minimum Gasteiger partial charge on any atom is -0.497 e. The molecule has 1 aromatic rings. The van der Waals surface area contributed by atoms with E-state index in [4.69, 9.17) is 9.47 Å². The Kier molecular flexibility index (Phi) is 6.59. The van der Waals surface area contributed by atoms with E-state index in [1.54, 1.807) is 53.3 Å². The van der Waals surface area contributed by atoms with Crippen molar-refractivity contribution in [3.05, 3.63) is 23.8 Å². The lowest BCUT2D eigenvalue weighted by Crippen LogP contribution is -2.57. The second kappa shape index (κ2) is 8.35. The molecule has 1 unspecified atom stereocenters. The van der Waals surface area contributed by atoms with Crippen LogP contribution in [0.3, 0.4) is 0 Å². The highest BCUT2D eigenvalue weighted by molar-refractivity contribution is 7.92. The van der Waals surface area contributed by atoms with Crippen LogP contribution in [-0.4, -0.2) is 75.8 Å². The van der Waals surface area contributed by atoms with Gasteiger partial charge in [0.1, 0.15) is 11.5 Å². The fourth-order valence-electron chi connectivity index (χ4n) is 3.05.